The number of halogens is 1. The smallest absolute Gasteiger partial charge is 0.142 e. The molecule has 2 aromatic carbocycles. The molecule has 0 saturated heterocycles. The van der Waals surface area contributed by atoms with Crippen molar-refractivity contribution in [2.24, 2.45) is 0 Å². The summed E-state index contributed by atoms with van der Waals surface area (Å²) < 4.78 is 18.5. The van der Waals surface area contributed by atoms with Crippen LogP contribution in [0.3, 0.4) is 0 Å². The summed E-state index contributed by atoms with van der Waals surface area (Å²) >= 11 is 0. The molecular weight excluding hydrogens is 253 g/mol. The lowest BCUT2D eigenvalue weighted by Crippen LogP contribution is -2.10. The van der Waals surface area contributed by atoms with E-state index in [-0.39, 0.29) is 11.2 Å². The minimum Gasteiger partial charge on any atom is -0.487 e. The largest absolute Gasteiger partial charge is 0.487 e. The third-order valence-corrected chi connectivity index (χ3v) is 3.19. The second-order valence-corrected chi connectivity index (χ2v) is 5.92. The van der Waals surface area contributed by atoms with Crippen LogP contribution in [-0.2, 0) is 12.0 Å². The minimum absolute atomic E-state index is 0.140. The van der Waals surface area contributed by atoms with E-state index in [1.54, 1.807) is 6.07 Å². The van der Waals surface area contributed by atoms with Gasteiger partial charge in [0.2, 0.25) is 0 Å². The van der Waals surface area contributed by atoms with Gasteiger partial charge in [0.25, 0.3) is 0 Å². The number of rotatable bonds is 3. The Morgan fingerprint density at radius 1 is 1.05 bits per heavy atom. The van der Waals surface area contributed by atoms with Crippen molar-refractivity contribution in [3.8, 4) is 5.75 Å². The molecule has 2 N–H and O–H groups in total. The Morgan fingerprint density at radius 3 is 2.25 bits per heavy atom. The van der Waals surface area contributed by atoms with Crippen LogP contribution in [0.15, 0.2) is 42.5 Å². The maximum atomic E-state index is 12.9. The molecule has 0 heterocycles. The van der Waals surface area contributed by atoms with Gasteiger partial charge < -0.3 is 10.5 Å². The summed E-state index contributed by atoms with van der Waals surface area (Å²) in [5, 5.41) is 0. The third kappa shape index (κ3) is 3.50. The highest BCUT2D eigenvalue weighted by atomic mass is 19.1. The summed E-state index contributed by atoms with van der Waals surface area (Å²) in [7, 11) is 0. The van der Waals surface area contributed by atoms with Crippen LogP contribution in [0.1, 0.15) is 31.9 Å². The third-order valence-electron chi connectivity index (χ3n) is 3.19. The fourth-order valence-electron chi connectivity index (χ4n) is 1.91. The van der Waals surface area contributed by atoms with Crippen molar-refractivity contribution < 1.29 is 9.13 Å². The molecule has 0 aliphatic rings. The Hall–Kier alpha value is -2.03. The molecule has 0 saturated carbocycles. The molecule has 0 aromatic heterocycles. The first kappa shape index (κ1) is 14.4. The second-order valence-electron chi connectivity index (χ2n) is 5.92. The zero-order chi connectivity index (χ0) is 14.8. The Labute approximate surface area is 119 Å². The normalized spacial score (nSPS) is 11.4. The molecule has 0 spiro atoms. The zero-order valence-electron chi connectivity index (χ0n) is 12.1. The number of benzene rings is 2. The molecule has 20 heavy (non-hydrogen) atoms. The molecule has 0 bridgehead atoms. The standard InChI is InChI=1S/C17H20FNO/c1-17(2,3)13-6-4-12(5-7-13)11-20-16-9-8-14(18)10-15(16)19/h4-10H,11,19H2,1-3H3. The van der Waals surface area contributed by atoms with Crippen LogP contribution < -0.4 is 10.5 Å². The van der Waals surface area contributed by atoms with Gasteiger partial charge in [-0.25, -0.2) is 4.39 Å². The monoisotopic (exact) mass is 273 g/mol. The van der Waals surface area contributed by atoms with Crippen molar-refractivity contribution in [3.05, 3.63) is 59.4 Å². The second kappa shape index (κ2) is 5.53. The fourth-order valence-corrected chi connectivity index (χ4v) is 1.91. The lowest BCUT2D eigenvalue weighted by Gasteiger charge is -2.19. The molecule has 3 heteroatoms. The van der Waals surface area contributed by atoms with Crippen LogP contribution in [0.25, 0.3) is 0 Å². The number of nitrogen functional groups attached to an aromatic ring is 1. The molecular formula is C17H20FNO. The first-order chi connectivity index (χ1) is 9.36. The molecule has 0 atom stereocenters. The van der Waals surface area contributed by atoms with E-state index >= 15 is 0 Å². The quantitative estimate of drug-likeness (QED) is 0.847. The van der Waals surface area contributed by atoms with Gasteiger partial charge in [0, 0.05) is 6.07 Å². The minimum atomic E-state index is -0.357. The lowest BCUT2D eigenvalue weighted by atomic mass is 9.87. The van der Waals surface area contributed by atoms with Crippen LogP contribution in [0, 0.1) is 5.82 Å². The summed E-state index contributed by atoms with van der Waals surface area (Å²) in [4.78, 5) is 0. The van der Waals surface area contributed by atoms with E-state index in [4.69, 9.17) is 10.5 Å². The van der Waals surface area contributed by atoms with E-state index < -0.39 is 0 Å². The average molecular weight is 273 g/mol. The Kier molecular flexibility index (Phi) is 3.98. The van der Waals surface area contributed by atoms with Crippen molar-refractivity contribution in [3.63, 3.8) is 0 Å². The summed E-state index contributed by atoms with van der Waals surface area (Å²) in [5.41, 5.74) is 8.49. The van der Waals surface area contributed by atoms with E-state index in [0.29, 0.717) is 18.0 Å². The number of nitrogens with two attached hydrogens (primary N) is 1. The van der Waals surface area contributed by atoms with Gasteiger partial charge in [0.05, 0.1) is 5.69 Å². The summed E-state index contributed by atoms with van der Waals surface area (Å²) in [6.45, 7) is 6.95. The van der Waals surface area contributed by atoms with Gasteiger partial charge in [0.1, 0.15) is 18.2 Å². The van der Waals surface area contributed by atoms with E-state index in [1.807, 2.05) is 12.1 Å². The van der Waals surface area contributed by atoms with Crippen molar-refractivity contribution >= 4 is 5.69 Å². The van der Waals surface area contributed by atoms with E-state index in [1.165, 1.54) is 17.7 Å². The fraction of sp³-hybridized carbons (Fsp3) is 0.294. The van der Waals surface area contributed by atoms with Crippen LogP contribution in [0.4, 0.5) is 10.1 Å². The van der Waals surface area contributed by atoms with Gasteiger partial charge in [-0.2, -0.15) is 0 Å². The van der Waals surface area contributed by atoms with Gasteiger partial charge in [0.15, 0.2) is 0 Å². The Morgan fingerprint density at radius 2 is 1.70 bits per heavy atom. The van der Waals surface area contributed by atoms with E-state index in [2.05, 4.69) is 32.9 Å². The van der Waals surface area contributed by atoms with Crippen LogP contribution in [0.2, 0.25) is 0 Å². The van der Waals surface area contributed by atoms with Gasteiger partial charge in [-0.05, 0) is 28.7 Å². The van der Waals surface area contributed by atoms with Gasteiger partial charge in [-0.3, -0.25) is 0 Å². The first-order valence-corrected chi connectivity index (χ1v) is 6.63. The summed E-state index contributed by atoms with van der Waals surface area (Å²) in [5.74, 6) is 0.149. The molecule has 2 aromatic rings. The van der Waals surface area contributed by atoms with Crippen LogP contribution >= 0.6 is 0 Å². The molecule has 106 valence electrons. The predicted octanol–water partition coefficient (Wildman–Crippen LogP) is 4.28. The maximum Gasteiger partial charge on any atom is 0.142 e. The molecule has 0 aliphatic carbocycles. The predicted molar refractivity (Wildman–Crippen MR) is 80.3 cm³/mol. The molecule has 0 aliphatic heterocycles. The topological polar surface area (TPSA) is 35.2 Å². The maximum absolute atomic E-state index is 12.9. The highest BCUT2D eigenvalue weighted by molar-refractivity contribution is 5.52. The highest BCUT2D eigenvalue weighted by Crippen LogP contribution is 2.24. The molecule has 2 rings (SSSR count). The average Bonchev–Trinajstić information content (AvgIpc) is 2.37. The molecule has 0 radical (unpaired) electrons. The molecule has 0 amide bonds. The number of ether oxygens (including phenoxy) is 1. The number of hydrogen-bond acceptors (Lipinski definition) is 2. The summed E-state index contributed by atoms with van der Waals surface area (Å²) in [6, 6.07) is 12.4. The van der Waals surface area contributed by atoms with Crippen molar-refractivity contribution in [1.29, 1.82) is 0 Å². The zero-order valence-corrected chi connectivity index (χ0v) is 12.1. The van der Waals surface area contributed by atoms with E-state index in [0.717, 1.165) is 5.56 Å². The van der Waals surface area contributed by atoms with Gasteiger partial charge in [-0.15, -0.1) is 0 Å². The Bertz CT molecular complexity index is 585. The number of hydrogen-bond donors (Lipinski definition) is 1. The molecule has 2 nitrogen and oxygen atoms in total. The summed E-state index contributed by atoms with van der Waals surface area (Å²) in [6.07, 6.45) is 0. The molecule has 0 unspecified atom stereocenters. The van der Waals surface area contributed by atoms with Crippen molar-refractivity contribution in [2.45, 2.75) is 32.8 Å². The van der Waals surface area contributed by atoms with Crippen LogP contribution in [-0.4, -0.2) is 0 Å². The van der Waals surface area contributed by atoms with Gasteiger partial charge in [-0.1, -0.05) is 45.0 Å². The number of anilines is 1. The molecule has 0 fully saturated rings. The van der Waals surface area contributed by atoms with Crippen molar-refractivity contribution in [1.82, 2.24) is 0 Å². The SMILES string of the molecule is CC(C)(C)c1ccc(COc2ccc(F)cc2N)cc1. The van der Waals surface area contributed by atoms with E-state index in [9.17, 15) is 4.39 Å². The first-order valence-electron chi connectivity index (χ1n) is 6.63. The Balaban J connectivity index is 2.04. The van der Waals surface area contributed by atoms with Gasteiger partial charge >= 0.3 is 0 Å². The van der Waals surface area contributed by atoms with Crippen LogP contribution in [0.5, 0.6) is 5.75 Å². The highest BCUT2D eigenvalue weighted by Gasteiger charge is 2.12. The lowest BCUT2D eigenvalue weighted by molar-refractivity contribution is 0.307. The van der Waals surface area contributed by atoms with Crippen molar-refractivity contribution in [2.75, 3.05) is 5.73 Å².